The maximum Gasteiger partial charge on any atom is 0.0414 e. The van der Waals surface area contributed by atoms with Gasteiger partial charge in [0.2, 0.25) is 0 Å². The first-order valence-electron chi connectivity index (χ1n) is 11.9. The monoisotopic (exact) mass is 653 g/mol. The van der Waals surface area contributed by atoms with Gasteiger partial charge >= 0.3 is 0 Å². The summed E-state index contributed by atoms with van der Waals surface area (Å²) in [7, 11) is 0. The first-order chi connectivity index (χ1) is 15.1. The van der Waals surface area contributed by atoms with Gasteiger partial charge in [0.15, 0.2) is 0 Å². The average molecular weight is 653 g/mol. The van der Waals surface area contributed by atoms with Gasteiger partial charge in [-0.15, -0.1) is 0 Å². The van der Waals surface area contributed by atoms with Crippen molar-refractivity contribution in [1.82, 2.24) is 0 Å². The third-order valence-electron chi connectivity index (χ3n) is 3.94. The predicted octanol–water partition coefficient (Wildman–Crippen LogP) is 1.26. The topological polar surface area (TPSA) is 161 Å². The number of unbranched alkanes of at least 4 members (excludes halogenated alkanes) is 8. The molecule has 0 atom stereocenters. The molecular weight excluding hydrogens is 608 g/mol. The molecule has 8 nitrogen and oxygen atoms in total. The van der Waals surface area contributed by atoms with E-state index < -0.39 is 23.9 Å². The fourth-order valence-electron chi connectivity index (χ4n) is 2.08. The van der Waals surface area contributed by atoms with Crippen molar-refractivity contribution >= 4 is 23.9 Å². The average Bonchev–Trinajstić information content (AvgIpc) is 2.69. The van der Waals surface area contributed by atoms with E-state index in [-0.39, 0.29) is 45.8 Å². The molecule has 0 unspecified atom stereocenters. The quantitative estimate of drug-likeness (QED) is 0.225. The first kappa shape index (κ1) is 41.8. The van der Waals surface area contributed by atoms with Crippen molar-refractivity contribution in [3.05, 3.63) is 0 Å². The van der Waals surface area contributed by atoms with Crippen LogP contribution >= 0.6 is 0 Å². The molecule has 0 fully saturated rings. The van der Waals surface area contributed by atoms with Crippen LogP contribution in [0.25, 0.3) is 0 Å². The SMILES string of the molecule is CCCCCC(=O)[O-].CCCCCC(=O)[O-].CCCCCC(=O)[O-].CCCCCC(=O)[O-].[Ir]. The third kappa shape index (κ3) is 72.4. The largest absolute Gasteiger partial charge is 0.550 e. The number of carbonyl (C=O) groups excluding carboxylic acids is 4. The van der Waals surface area contributed by atoms with Crippen LogP contribution in [0.1, 0.15) is 130 Å². The van der Waals surface area contributed by atoms with Crippen LogP contribution in [0.2, 0.25) is 0 Å². The van der Waals surface area contributed by atoms with E-state index in [1.54, 1.807) is 0 Å². The van der Waals surface area contributed by atoms with E-state index in [1.807, 2.05) is 27.7 Å². The summed E-state index contributed by atoms with van der Waals surface area (Å²) in [6, 6.07) is 0. The summed E-state index contributed by atoms with van der Waals surface area (Å²) in [5, 5.41) is 39.1. The van der Waals surface area contributed by atoms with Gasteiger partial charge in [-0.05, 0) is 51.4 Å². The number of carbonyl (C=O) groups is 4. The minimum absolute atomic E-state index is 0. The van der Waals surface area contributed by atoms with Gasteiger partial charge in [-0.25, -0.2) is 0 Å². The zero-order valence-corrected chi connectivity index (χ0v) is 23.3. The number of rotatable bonds is 16. The number of aliphatic carboxylic acids is 4. The first-order valence-corrected chi connectivity index (χ1v) is 11.9. The maximum absolute atomic E-state index is 9.76. The molecular formula is C24H44IrO8-4. The van der Waals surface area contributed by atoms with Crippen molar-refractivity contribution in [1.29, 1.82) is 0 Å². The van der Waals surface area contributed by atoms with E-state index in [9.17, 15) is 39.6 Å². The summed E-state index contributed by atoms with van der Waals surface area (Å²) >= 11 is 0. The molecule has 0 aliphatic carbocycles. The van der Waals surface area contributed by atoms with Crippen molar-refractivity contribution in [3.8, 4) is 0 Å². The molecule has 0 rings (SSSR count). The van der Waals surface area contributed by atoms with Gasteiger partial charge in [0.05, 0.1) is 0 Å². The second-order valence-electron chi connectivity index (χ2n) is 7.32. The van der Waals surface area contributed by atoms with Crippen LogP contribution in [0.15, 0.2) is 0 Å². The Labute approximate surface area is 213 Å². The molecule has 0 aromatic rings. The van der Waals surface area contributed by atoms with Gasteiger partial charge in [0, 0.05) is 44.0 Å². The van der Waals surface area contributed by atoms with Gasteiger partial charge in [-0.1, -0.05) is 79.1 Å². The second-order valence-corrected chi connectivity index (χ2v) is 7.32. The molecule has 0 bridgehead atoms. The standard InChI is InChI=1S/4C6H12O2.Ir/c4*1-2-3-4-5-6(7)8;/h4*2-5H2,1H3,(H,7,8);/p-4. The van der Waals surface area contributed by atoms with Gasteiger partial charge in [0.1, 0.15) is 0 Å². The van der Waals surface area contributed by atoms with Crippen LogP contribution < -0.4 is 20.4 Å². The summed E-state index contributed by atoms with van der Waals surface area (Å²) in [6.07, 6.45) is 12.1. The molecule has 0 aliphatic rings. The van der Waals surface area contributed by atoms with Gasteiger partial charge < -0.3 is 39.6 Å². The number of hydrogen-bond acceptors (Lipinski definition) is 8. The Bertz CT molecular complexity index is 362. The zero-order valence-electron chi connectivity index (χ0n) is 20.9. The fraction of sp³-hybridized carbons (Fsp3) is 0.833. The van der Waals surface area contributed by atoms with E-state index in [0.29, 0.717) is 0 Å². The van der Waals surface area contributed by atoms with Crippen molar-refractivity contribution in [3.63, 3.8) is 0 Å². The van der Waals surface area contributed by atoms with E-state index in [4.69, 9.17) is 0 Å². The van der Waals surface area contributed by atoms with Crippen LogP contribution in [0, 0.1) is 0 Å². The molecule has 1 radical (unpaired) electrons. The maximum atomic E-state index is 9.76. The summed E-state index contributed by atoms with van der Waals surface area (Å²) in [4.78, 5) is 39.1. The minimum atomic E-state index is -0.932. The van der Waals surface area contributed by atoms with Crippen molar-refractivity contribution < 1.29 is 59.7 Å². The van der Waals surface area contributed by atoms with Crippen molar-refractivity contribution in [2.24, 2.45) is 0 Å². The smallest absolute Gasteiger partial charge is 0.0414 e. The zero-order chi connectivity index (χ0) is 25.6. The number of carboxylic acid groups (broad SMARTS) is 4. The van der Waals surface area contributed by atoms with Crippen LogP contribution in [-0.2, 0) is 39.3 Å². The third-order valence-corrected chi connectivity index (χ3v) is 3.94. The minimum Gasteiger partial charge on any atom is -0.550 e. The Morgan fingerprint density at radius 1 is 0.394 bits per heavy atom. The van der Waals surface area contributed by atoms with E-state index in [2.05, 4.69) is 0 Å². The fourth-order valence-corrected chi connectivity index (χ4v) is 2.08. The summed E-state index contributed by atoms with van der Waals surface area (Å²) in [5.74, 6) is -3.73. The molecule has 33 heavy (non-hydrogen) atoms. The molecule has 0 saturated carbocycles. The molecule has 201 valence electrons. The summed E-state index contributed by atoms with van der Waals surface area (Å²) < 4.78 is 0. The van der Waals surface area contributed by atoms with Crippen LogP contribution in [0.4, 0.5) is 0 Å². The molecule has 0 heterocycles. The van der Waals surface area contributed by atoms with E-state index >= 15 is 0 Å². The van der Waals surface area contributed by atoms with E-state index in [1.165, 1.54) is 0 Å². The molecule has 0 aromatic heterocycles. The summed E-state index contributed by atoms with van der Waals surface area (Å²) in [6.45, 7) is 8.15. The number of hydrogen-bond donors (Lipinski definition) is 0. The molecule has 0 N–H and O–H groups in total. The number of carboxylic acids is 4. The Morgan fingerprint density at radius 2 is 0.545 bits per heavy atom. The predicted molar refractivity (Wildman–Crippen MR) is 117 cm³/mol. The van der Waals surface area contributed by atoms with Crippen LogP contribution in [-0.4, -0.2) is 23.9 Å². The van der Waals surface area contributed by atoms with E-state index in [0.717, 1.165) is 77.0 Å². The van der Waals surface area contributed by atoms with Crippen LogP contribution in [0.3, 0.4) is 0 Å². The molecule has 0 saturated heterocycles. The van der Waals surface area contributed by atoms with Crippen LogP contribution in [0.5, 0.6) is 0 Å². The van der Waals surface area contributed by atoms with Gasteiger partial charge in [-0.3, -0.25) is 0 Å². The molecule has 0 aliphatic heterocycles. The Kier molecular flexibility index (Phi) is 47.9. The van der Waals surface area contributed by atoms with Crippen molar-refractivity contribution in [2.75, 3.05) is 0 Å². The van der Waals surface area contributed by atoms with Crippen molar-refractivity contribution in [2.45, 2.75) is 130 Å². The Hall–Kier alpha value is -1.47. The molecule has 0 amide bonds. The Balaban J connectivity index is -0.000000105. The molecule has 0 aromatic carbocycles. The molecule has 0 spiro atoms. The normalized spacial score (nSPS) is 8.85. The van der Waals surface area contributed by atoms with Gasteiger partial charge in [0.25, 0.3) is 0 Å². The van der Waals surface area contributed by atoms with Gasteiger partial charge in [-0.2, -0.15) is 0 Å². The second kappa shape index (κ2) is 37.8. The Morgan fingerprint density at radius 3 is 0.636 bits per heavy atom. The molecule has 9 heteroatoms. The summed E-state index contributed by atoms with van der Waals surface area (Å²) in [5.41, 5.74) is 0.